The van der Waals surface area contributed by atoms with Gasteiger partial charge in [0.05, 0.1) is 24.3 Å². The van der Waals surface area contributed by atoms with E-state index in [1.165, 1.54) is 0 Å². The maximum absolute atomic E-state index is 5.82. The van der Waals surface area contributed by atoms with Crippen LogP contribution >= 0.6 is 0 Å². The molecule has 1 saturated heterocycles. The molecule has 4 heteroatoms. The third-order valence-electron chi connectivity index (χ3n) is 3.86. The molecule has 0 aromatic carbocycles. The highest BCUT2D eigenvalue weighted by Gasteiger charge is 2.56. The number of nitrogens with two attached hydrogens (primary N) is 1. The molecule has 1 heterocycles. The van der Waals surface area contributed by atoms with Crippen molar-refractivity contribution in [3.8, 4) is 0 Å². The summed E-state index contributed by atoms with van der Waals surface area (Å²) >= 11 is 0. The fraction of sp³-hybridized carbons (Fsp3) is 0.909. The van der Waals surface area contributed by atoms with Gasteiger partial charge < -0.3 is 15.3 Å². The number of hydrogen-bond acceptors (Lipinski definition) is 4. The summed E-state index contributed by atoms with van der Waals surface area (Å²) in [6.45, 7) is 7.74. The van der Waals surface area contributed by atoms with E-state index >= 15 is 0 Å². The van der Waals surface area contributed by atoms with Crippen molar-refractivity contribution >= 4 is 5.71 Å². The van der Waals surface area contributed by atoms with Crippen LogP contribution in [0.5, 0.6) is 0 Å². The third kappa shape index (κ3) is 1.39. The van der Waals surface area contributed by atoms with Crippen molar-refractivity contribution in [2.24, 2.45) is 22.3 Å². The van der Waals surface area contributed by atoms with Crippen LogP contribution in [0.1, 0.15) is 33.6 Å². The average Bonchev–Trinajstić information content (AvgIpc) is 2.63. The minimum Gasteiger partial charge on any atom is -0.347 e. The summed E-state index contributed by atoms with van der Waals surface area (Å²) in [5.74, 6) is 5.43. The van der Waals surface area contributed by atoms with Crippen LogP contribution in [-0.2, 0) is 9.47 Å². The van der Waals surface area contributed by atoms with Crippen molar-refractivity contribution in [1.29, 1.82) is 0 Å². The highest BCUT2D eigenvalue weighted by Crippen LogP contribution is 2.48. The van der Waals surface area contributed by atoms with Gasteiger partial charge in [-0.1, -0.05) is 6.92 Å². The number of nitrogens with zero attached hydrogens (tertiary/aromatic N) is 1. The molecular formula is C11H20N2O2. The Hall–Kier alpha value is -0.610. The molecule has 0 bridgehead atoms. The highest BCUT2D eigenvalue weighted by atomic mass is 16.7. The summed E-state index contributed by atoms with van der Waals surface area (Å²) in [5.41, 5.74) is 0.784. The van der Waals surface area contributed by atoms with Crippen LogP contribution < -0.4 is 5.84 Å². The first-order chi connectivity index (χ1) is 7.03. The van der Waals surface area contributed by atoms with Gasteiger partial charge in [-0.2, -0.15) is 5.10 Å². The Kier molecular flexibility index (Phi) is 2.51. The normalized spacial score (nSPS) is 36.2. The summed E-state index contributed by atoms with van der Waals surface area (Å²) in [6, 6.07) is 0. The average molecular weight is 212 g/mol. The van der Waals surface area contributed by atoms with Crippen LogP contribution in [0.3, 0.4) is 0 Å². The zero-order chi connectivity index (χ0) is 11.1. The summed E-state index contributed by atoms with van der Waals surface area (Å²) in [6.07, 6.45) is 1.96. The zero-order valence-corrected chi connectivity index (χ0v) is 9.75. The molecule has 1 unspecified atom stereocenters. The van der Waals surface area contributed by atoms with Crippen molar-refractivity contribution in [3.63, 3.8) is 0 Å². The van der Waals surface area contributed by atoms with Crippen molar-refractivity contribution in [2.75, 3.05) is 13.2 Å². The first-order valence-electron chi connectivity index (χ1n) is 5.60. The Balaban J connectivity index is 2.36. The fourth-order valence-electron chi connectivity index (χ4n) is 2.92. The van der Waals surface area contributed by atoms with E-state index in [1.807, 2.05) is 0 Å². The van der Waals surface area contributed by atoms with Crippen LogP contribution in [0.2, 0.25) is 0 Å². The smallest absolute Gasteiger partial charge is 0.178 e. The molecule has 1 atom stereocenters. The lowest BCUT2D eigenvalue weighted by molar-refractivity contribution is -0.219. The molecule has 4 nitrogen and oxygen atoms in total. The van der Waals surface area contributed by atoms with Gasteiger partial charge >= 0.3 is 0 Å². The van der Waals surface area contributed by atoms with Gasteiger partial charge in [0, 0.05) is 6.42 Å². The van der Waals surface area contributed by atoms with Crippen LogP contribution in [0.15, 0.2) is 5.10 Å². The first kappa shape index (κ1) is 10.9. The molecule has 0 aromatic rings. The van der Waals surface area contributed by atoms with Gasteiger partial charge in [-0.05, 0) is 26.2 Å². The molecule has 1 aliphatic heterocycles. The van der Waals surface area contributed by atoms with Crippen LogP contribution in [0.4, 0.5) is 0 Å². The Morgan fingerprint density at radius 1 is 1.33 bits per heavy atom. The van der Waals surface area contributed by atoms with Gasteiger partial charge in [0.25, 0.3) is 0 Å². The number of hydrogen-bond donors (Lipinski definition) is 1. The molecule has 2 rings (SSSR count). The molecule has 2 fully saturated rings. The third-order valence-corrected chi connectivity index (χ3v) is 3.86. The molecule has 0 aromatic heterocycles. The summed E-state index contributed by atoms with van der Waals surface area (Å²) < 4.78 is 11.6. The van der Waals surface area contributed by atoms with Crippen molar-refractivity contribution in [1.82, 2.24) is 0 Å². The predicted octanol–water partition coefficient (Wildman–Crippen LogP) is 1.50. The van der Waals surface area contributed by atoms with Gasteiger partial charge in [0.2, 0.25) is 0 Å². The molecule has 2 aliphatic rings. The predicted molar refractivity (Wildman–Crippen MR) is 58.4 cm³/mol. The second kappa shape index (κ2) is 3.46. The number of hydrazone groups is 1. The topological polar surface area (TPSA) is 56.8 Å². The van der Waals surface area contributed by atoms with Crippen molar-refractivity contribution in [2.45, 2.75) is 39.4 Å². The SMILES string of the molecule is CC1CCC2(OCCO2)C(C)(C)C1=NN. The first-order valence-corrected chi connectivity index (χ1v) is 5.60. The second-order valence-corrected chi connectivity index (χ2v) is 5.03. The molecular weight excluding hydrogens is 192 g/mol. The van der Waals surface area contributed by atoms with E-state index in [0.717, 1.165) is 18.6 Å². The van der Waals surface area contributed by atoms with Gasteiger partial charge in [0.15, 0.2) is 5.79 Å². The molecule has 15 heavy (non-hydrogen) atoms. The molecule has 1 spiro atoms. The minimum atomic E-state index is -0.488. The monoisotopic (exact) mass is 212 g/mol. The van der Waals surface area contributed by atoms with E-state index in [-0.39, 0.29) is 5.41 Å². The molecule has 1 saturated carbocycles. The van der Waals surface area contributed by atoms with Crippen LogP contribution in [0, 0.1) is 11.3 Å². The molecule has 2 N–H and O–H groups in total. The molecule has 0 amide bonds. The van der Waals surface area contributed by atoms with Crippen LogP contribution in [0.25, 0.3) is 0 Å². The van der Waals surface area contributed by atoms with Gasteiger partial charge in [-0.15, -0.1) is 0 Å². The molecule has 86 valence electrons. The van der Waals surface area contributed by atoms with E-state index in [1.54, 1.807) is 0 Å². The van der Waals surface area contributed by atoms with E-state index in [9.17, 15) is 0 Å². The van der Waals surface area contributed by atoms with Gasteiger partial charge in [-0.3, -0.25) is 0 Å². The fourth-order valence-corrected chi connectivity index (χ4v) is 2.92. The van der Waals surface area contributed by atoms with E-state index in [2.05, 4.69) is 25.9 Å². The van der Waals surface area contributed by atoms with E-state index in [4.69, 9.17) is 15.3 Å². The molecule has 0 radical (unpaired) electrons. The van der Waals surface area contributed by atoms with Crippen LogP contribution in [-0.4, -0.2) is 24.7 Å². The Bertz CT molecular complexity index is 280. The van der Waals surface area contributed by atoms with Crippen molar-refractivity contribution < 1.29 is 9.47 Å². The summed E-state index contributed by atoms with van der Waals surface area (Å²) in [4.78, 5) is 0. The summed E-state index contributed by atoms with van der Waals surface area (Å²) in [7, 11) is 0. The Morgan fingerprint density at radius 3 is 2.47 bits per heavy atom. The standard InChI is InChI=1S/C11H20N2O2/c1-8-4-5-11(14-6-7-15-11)10(2,3)9(8)13-12/h8H,4-7,12H2,1-3H3. The van der Waals surface area contributed by atoms with E-state index in [0.29, 0.717) is 19.1 Å². The molecule has 1 aliphatic carbocycles. The largest absolute Gasteiger partial charge is 0.347 e. The lowest BCUT2D eigenvalue weighted by atomic mass is 9.66. The quantitative estimate of drug-likeness (QED) is 0.489. The number of ether oxygens (including phenoxy) is 2. The maximum Gasteiger partial charge on any atom is 0.178 e. The Labute approximate surface area is 90.8 Å². The number of rotatable bonds is 0. The Morgan fingerprint density at radius 2 is 1.93 bits per heavy atom. The highest BCUT2D eigenvalue weighted by molar-refractivity contribution is 5.93. The minimum absolute atomic E-state index is 0.226. The maximum atomic E-state index is 5.82. The van der Waals surface area contributed by atoms with Crippen molar-refractivity contribution in [3.05, 3.63) is 0 Å². The second-order valence-electron chi connectivity index (χ2n) is 5.03. The summed E-state index contributed by atoms with van der Waals surface area (Å²) in [5, 5.41) is 3.96. The van der Waals surface area contributed by atoms with E-state index < -0.39 is 5.79 Å². The van der Waals surface area contributed by atoms with Gasteiger partial charge in [-0.25, -0.2) is 0 Å². The van der Waals surface area contributed by atoms with Gasteiger partial charge in [0.1, 0.15) is 0 Å². The zero-order valence-electron chi connectivity index (χ0n) is 9.75. The lowest BCUT2D eigenvalue weighted by Gasteiger charge is -2.48. The lowest BCUT2D eigenvalue weighted by Crippen LogP contribution is -2.56.